The Morgan fingerprint density at radius 3 is 2.29 bits per heavy atom. The van der Waals surface area contributed by atoms with E-state index in [9.17, 15) is 4.79 Å². The molecule has 0 radical (unpaired) electrons. The van der Waals surface area contributed by atoms with Gasteiger partial charge in [-0.25, -0.2) is 0 Å². The van der Waals surface area contributed by atoms with Crippen molar-refractivity contribution in [3.63, 3.8) is 0 Å². The molecular formula is C18H17NO2. The van der Waals surface area contributed by atoms with Crippen molar-refractivity contribution in [3.8, 4) is 5.75 Å². The lowest BCUT2D eigenvalue weighted by Gasteiger charge is -1.99. The Morgan fingerprint density at radius 1 is 0.952 bits per heavy atom. The first kappa shape index (κ1) is 14.6. The van der Waals surface area contributed by atoms with E-state index >= 15 is 0 Å². The van der Waals surface area contributed by atoms with Gasteiger partial charge in [-0.2, -0.15) is 0 Å². The number of ether oxygens (including phenoxy) is 1. The number of hydrogen-bond donors (Lipinski definition) is 1. The maximum atomic E-state index is 11.6. The fraction of sp³-hybridized carbons (Fsp3) is 0.0556. The molecule has 2 aromatic carbocycles. The van der Waals surface area contributed by atoms with Crippen LogP contribution in [0.5, 0.6) is 5.75 Å². The topological polar surface area (TPSA) is 38.3 Å². The first-order valence-electron chi connectivity index (χ1n) is 6.62. The zero-order valence-electron chi connectivity index (χ0n) is 11.8. The number of nitrogens with one attached hydrogen (secondary N) is 1. The zero-order valence-corrected chi connectivity index (χ0v) is 11.8. The molecule has 0 atom stereocenters. The number of amides is 1. The van der Waals surface area contributed by atoms with E-state index in [0.717, 1.165) is 16.9 Å². The summed E-state index contributed by atoms with van der Waals surface area (Å²) in [4.78, 5) is 11.6. The molecule has 0 fully saturated rings. The Hall–Kier alpha value is -2.81. The molecule has 0 spiro atoms. The standard InChI is InChI=1S/C18H17NO2/c1-21-17-10-7-16(8-11-17)13-14-19-18(20)12-9-15-5-3-2-4-6-15/h2-14H,1H3,(H,19,20)/b12-9-,14-13-. The molecule has 0 saturated carbocycles. The van der Waals surface area contributed by atoms with E-state index in [1.165, 1.54) is 6.08 Å². The normalized spacial score (nSPS) is 10.9. The molecule has 106 valence electrons. The Morgan fingerprint density at radius 2 is 1.62 bits per heavy atom. The molecule has 0 aliphatic carbocycles. The second-order valence-corrected chi connectivity index (χ2v) is 4.36. The summed E-state index contributed by atoms with van der Waals surface area (Å²) in [5.74, 6) is 0.644. The van der Waals surface area contributed by atoms with Gasteiger partial charge < -0.3 is 10.1 Å². The molecule has 2 aromatic rings. The van der Waals surface area contributed by atoms with E-state index in [1.807, 2.05) is 60.7 Å². The molecule has 0 bridgehead atoms. The van der Waals surface area contributed by atoms with Crippen LogP contribution in [0.25, 0.3) is 12.2 Å². The van der Waals surface area contributed by atoms with E-state index in [0.29, 0.717) is 0 Å². The fourth-order valence-corrected chi connectivity index (χ4v) is 1.72. The second-order valence-electron chi connectivity index (χ2n) is 4.36. The molecule has 21 heavy (non-hydrogen) atoms. The van der Waals surface area contributed by atoms with Gasteiger partial charge in [0.05, 0.1) is 7.11 Å². The van der Waals surface area contributed by atoms with Crippen LogP contribution < -0.4 is 10.1 Å². The highest BCUT2D eigenvalue weighted by Crippen LogP contribution is 2.11. The van der Waals surface area contributed by atoms with Crippen molar-refractivity contribution in [2.75, 3.05) is 7.11 Å². The number of rotatable bonds is 5. The van der Waals surface area contributed by atoms with Gasteiger partial charge in [0.15, 0.2) is 0 Å². The average molecular weight is 279 g/mol. The molecular weight excluding hydrogens is 262 g/mol. The van der Waals surface area contributed by atoms with Crippen molar-refractivity contribution in [1.82, 2.24) is 5.32 Å². The quantitative estimate of drug-likeness (QED) is 0.851. The average Bonchev–Trinajstić information content (AvgIpc) is 2.54. The van der Waals surface area contributed by atoms with Crippen molar-refractivity contribution in [3.05, 3.63) is 78.0 Å². The molecule has 0 aromatic heterocycles. The van der Waals surface area contributed by atoms with Crippen LogP contribution in [0.4, 0.5) is 0 Å². The largest absolute Gasteiger partial charge is 0.497 e. The third-order valence-electron chi connectivity index (χ3n) is 2.84. The molecule has 0 unspecified atom stereocenters. The van der Waals surface area contributed by atoms with Gasteiger partial charge in [0.1, 0.15) is 5.75 Å². The fourth-order valence-electron chi connectivity index (χ4n) is 1.72. The maximum absolute atomic E-state index is 11.6. The lowest BCUT2D eigenvalue weighted by molar-refractivity contribution is -0.115. The predicted molar refractivity (Wildman–Crippen MR) is 85.6 cm³/mol. The van der Waals surface area contributed by atoms with Crippen molar-refractivity contribution in [2.24, 2.45) is 0 Å². The summed E-state index contributed by atoms with van der Waals surface area (Å²) in [6.07, 6.45) is 6.73. The lowest BCUT2D eigenvalue weighted by atomic mass is 10.2. The number of carbonyl (C=O) groups is 1. The number of methoxy groups -OCH3 is 1. The van der Waals surface area contributed by atoms with Crippen molar-refractivity contribution < 1.29 is 9.53 Å². The van der Waals surface area contributed by atoms with E-state index < -0.39 is 0 Å². The van der Waals surface area contributed by atoms with Gasteiger partial charge in [0, 0.05) is 12.3 Å². The van der Waals surface area contributed by atoms with Gasteiger partial charge in [-0.15, -0.1) is 0 Å². The van der Waals surface area contributed by atoms with Crippen LogP contribution >= 0.6 is 0 Å². The minimum atomic E-state index is -0.163. The van der Waals surface area contributed by atoms with Gasteiger partial charge >= 0.3 is 0 Å². The molecule has 0 aliphatic rings. The second kappa shape index (κ2) is 7.70. The van der Waals surface area contributed by atoms with E-state index in [-0.39, 0.29) is 5.91 Å². The summed E-state index contributed by atoms with van der Waals surface area (Å²) < 4.78 is 5.08. The maximum Gasteiger partial charge on any atom is 0.247 e. The van der Waals surface area contributed by atoms with Gasteiger partial charge in [0.25, 0.3) is 0 Å². The van der Waals surface area contributed by atoms with Crippen molar-refractivity contribution in [1.29, 1.82) is 0 Å². The van der Waals surface area contributed by atoms with E-state index in [1.54, 1.807) is 19.4 Å². The highest BCUT2D eigenvalue weighted by Gasteiger charge is 1.92. The SMILES string of the molecule is COc1ccc(/C=C\NC(=O)/C=C\c2ccccc2)cc1. The molecule has 2 rings (SSSR count). The Kier molecular flexibility index (Phi) is 5.35. The summed E-state index contributed by atoms with van der Waals surface area (Å²) in [7, 11) is 1.63. The Labute approximate surface area is 124 Å². The molecule has 1 N–H and O–H groups in total. The van der Waals surface area contributed by atoms with Crippen LogP contribution in [-0.4, -0.2) is 13.0 Å². The molecule has 1 amide bonds. The molecule has 0 aliphatic heterocycles. The zero-order chi connectivity index (χ0) is 14.9. The van der Waals surface area contributed by atoms with Gasteiger partial charge in [-0.05, 0) is 35.4 Å². The molecule has 0 saturated heterocycles. The first-order valence-corrected chi connectivity index (χ1v) is 6.62. The Bertz CT molecular complexity index is 628. The lowest BCUT2D eigenvalue weighted by Crippen LogP contribution is -2.13. The van der Waals surface area contributed by atoms with Crippen molar-refractivity contribution >= 4 is 18.1 Å². The summed E-state index contributed by atoms with van der Waals surface area (Å²) in [5.41, 5.74) is 1.98. The summed E-state index contributed by atoms with van der Waals surface area (Å²) in [5, 5.41) is 2.69. The van der Waals surface area contributed by atoms with E-state index in [2.05, 4.69) is 5.32 Å². The number of carbonyl (C=O) groups excluding carboxylic acids is 1. The van der Waals surface area contributed by atoms with E-state index in [4.69, 9.17) is 4.74 Å². The van der Waals surface area contributed by atoms with Crippen molar-refractivity contribution in [2.45, 2.75) is 0 Å². The highest BCUT2D eigenvalue weighted by atomic mass is 16.5. The minimum absolute atomic E-state index is 0.163. The van der Waals surface area contributed by atoms with Crippen LogP contribution in [0.2, 0.25) is 0 Å². The Balaban J connectivity index is 1.85. The van der Waals surface area contributed by atoms with Gasteiger partial charge in [0.2, 0.25) is 5.91 Å². The molecule has 0 heterocycles. The number of benzene rings is 2. The van der Waals surface area contributed by atoms with Gasteiger partial charge in [-0.1, -0.05) is 42.5 Å². The minimum Gasteiger partial charge on any atom is -0.497 e. The monoisotopic (exact) mass is 279 g/mol. The summed E-state index contributed by atoms with van der Waals surface area (Å²) in [6, 6.07) is 17.3. The van der Waals surface area contributed by atoms with Crippen LogP contribution in [0.15, 0.2) is 66.9 Å². The van der Waals surface area contributed by atoms with Crippen LogP contribution in [0.1, 0.15) is 11.1 Å². The summed E-state index contributed by atoms with van der Waals surface area (Å²) in [6.45, 7) is 0. The van der Waals surface area contributed by atoms with Crippen LogP contribution in [0, 0.1) is 0 Å². The third-order valence-corrected chi connectivity index (χ3v) is 2.84. The predicted octanol–water partition coefficient (Wildman–Crippen LogP) is 3.50. The van der Waals surface area contributed by atoms with Crippen LogP contribution in [-0.2, 0) is 4.79 Å². The first-order chi connectivity index (χ1) is 10.3. The summed E-state index contributed by atoms with van der Waals surface area (Å²) >= 11 is 0. The highest BCUT2D eigenvalue weighted by molar-refractivity contribution is 5.92. The van der Waals surface area contributed by atoms with Gasteiger partial charge in [-0.3, -0.25) is 4.79 Å². The third kappa shape index (κ3) is 4.99. The van der Waals surface area contributed by atoms with Crippen LogP contribution in [0.3, 0.4) is 0 Å². The molecule has 3 heteroatoms. The number of hydrogen-bond acceptors (Lipinski definition) is 2. The molecule has 3 nitrogen and oxygen atoms in total. The smallest absolute Gasteiger partial charge is 0.247 e.